The van der Waals surface area contributed by atoms with E-state index in [-0.39, 0.29) is 27.3 Å². The van der Waals surface area contributed by atoms with Gasteiger partial charge in [-0.05, 0) is 13.8 Å². The molecule has 5 heteroatoms. The van der Waals surface area contributed by atoms with E-state index in [0.29, 0.717) is 0 Å². The Hall–Kier alpha value is -0.138. The second-order valence-electron chi connectivity index (χ2n) is 0.983. The molecule has 1 radical (unpaired) electrons. The molecule has 4 nitrogen and oxygen atoms in total. The molecule has 0 atom stereocenters. The molecule has 0 fully saturated rings. The number of carbonyl (C=O) groups excluding carboxylic acids is 2. The minimum atomic E-state index is -1.08. The predicted octanol–water partition coefficient (Wildman–Crippen LogP) is -2.87. The van der Waals surface area contributed by atoms with Crippen molar-refractivity contribution in [3.05, 3.63) is 0 Å². The van der Waals surface area contributed by atoms with Crippen molar-refractivity contribution in [2.24, 2.45) is 0 Å². The standard InChI is InChI=1S/2C2H4O2.Tl/c2*1-2(3)4;/h2*1H3,(H,3,4);/p-2. The van der Waals surface area contributed by atoms with E-state index in [1.165, 1.54) is 0 Å². The summed E-state index contributed by atoms with van der Waals surface area (Å²) in [5, 5.41) is 17.8. The van der Waals surface area contributed by atoms with Crippen molar-refractivity contribution in [1.82, 2.24) is 0 Å². The van der Waals surface area contributed by atoms with E-state index in [0.717, 1.165) is 13.8 Å². The van der Waals surface area contributed by atoms with Crippen LogP contribution in [0.15, 0.2) is 0 Å². The van der Waals surface area contributed by atoms with Gasteiger partial charge in [-0.1, -0.05) is 0 Å². The fraction of sp³-hybridized carbons (Fsp3) is 0.500. The van der Waals surface area contributed by atoms with Crippen LogP contribution in [0.25, 0.3) is 0 Å². The molecule has 0 aromatic rings. The van der Waals surface area contributed by atoms with Gasteiger partial charge in [-0.2, -0.15) is 0 Å². The second kappa shape index (κ2) is 10.8. The summed E-state index contributed by atoms with van der Waals surface area (Å²) in [4.78, 5) is 17.8. The maximum absolute atomic E-state index is 8.89. The molecule has 0 aliphatic rings. The van der Waals surface area contributed by atoms with Crippen molar-refractivity contribution in [3.8, 4) is 0 Å². The van der Waals surface area contributed by atoms with E-state index < -0.39 is 11.9 Å². The minimum absolute atomic E-state index is 0. The summed E-state index contributed by atoms with van der Waals surface area (Å²) in [6.07, 6.45) is 0. The first kappa shape index (κ1) is 15.9. The Morgan fingerprint density at radius 2 is 1.00 bits per heavy atom. The molecular formula is C4H6O4Tl-2. The zero-order chi connectivity index (χ0) is 7.15. The van der Waals surface area contributed by atoms with Gasteiger partial charge in [0.15, 0.2) is 0 Å². The van der Waals surface area contributed by atoms with Crippen molar-refractivity contribution in [1.29, 1.82) is 0 Å². The molecule has 0 unspecified atom stereocenters. The Morgan fingerprint density at radius 1 is 1.00 bits per heavy atom. The number of carboxylic acids is 2. The molecule has 0 aliphatic heterocycles. The Kier molecular flexibility index (Phi) is 19.1. The number of carbonyl (C=O) groups is 2. The third kappa shape index (κ3) is 14200. The van der Waals surface area contributed by atoms with Crippen molar-refractivity contribution >= 4 is 39.2 Å². The molecule has 9 heavy (non-hydrogen) atoms. The molecular weight excluding hydrogens is 316 g/mol. The van der Waals surface area contributed by atoms with E-state index in [1.807, 2.05) is 0 Å². The molecule has 0 aromatic heterocycles. The molecule has 51 valence electrons. The quantitative estimate of drug-likeness (QED) is 0.449. The van der Waals surface area contributed by atoms with Gasteiger partial charge < -0.3 is 19.8 Å². The average molecular weight is 322 g/mol. The molecule has 0 amide bonds. The monoisotopic (exact) mass is 323 g/mol. The van der Waals surface area contributed by atoms with Crippen LogP contribution in [-0.2, 0) is 9.59 Å². The third-order valence-corrected chi connectivity index (χ3v) is 0. The van der Waals surface area contributed by atoms with E-state index in [9.17, 15) is 0 Å². The number of hydrogen-bond acceptors (Lipinski definition) is 4. The maximum Gasteiger partial charge on any atom is 0.0383 e. The molecule has 0 rings (SSSR count). The Bertz CT molecular complexity index is 70.6. The number of hydrogen-bond donors (Lipinski definition) is 0. The van der Waals surface area contributed by atoms with Gasteiger partial charge in [0.2, 0.25) is 0 Å². The van der Waals surface area contributed by atoms with Crippen LogP contribution in [0.3, 0.4) is 0 Å². The molecule has 0 spiro atoms. The minimum Gasteiger partial charge on any atom is -0.550 e. The number of carboxylic acid groups (broad SMARTS) is 2. The van der Waals surface area contributed by atoms with Crippen molar-refractivity contribution in [3.63, 3.8) is 0 Å². The fourth-order valence-corrected chi connectivity index (χ4v) is 0. The van der Waals surface area contributed by atoms with Gasteiger partial charge in [0, 0.05) is 39.2 Å². The second-order valence-corrected chi connectivity index (χ2v) is 0.983. The predicted molar refractivity (Wildman–Crippen MR) is 27.1 cm³/mol. The Morgan fingerprint density at radius 3 is 1.00 bits per heavy atom. The van der Waals surface area contributed by atoms with Gasteiger partial charge in [-0.25, -0.2) is 0 Å². The maximum atomic E-state index is 8.89. The molecule has 0 bridgehead atoms. The topological polar surface area (TPSA) is 80.3 Å². The molecule has 0 N–H and O–H groups in total. The summed E-state index contributed by atoms with van der Waals surface area (Å²) < 4.78 is 0. The van der Waals surface area contributed by atoms with Gasteiger partial charge in [0.05, 0.1) is 0 Å². The van der Waals surface area contributed by atoms with Crippen LogP contribution < -0.4 is 10.2 Å². The summed E-state index contributed by atoms with van der Waals surface area (Å²) in [6.45, 7) is 1.94. The smallest absolute Gasteiger partial charge is 0.0383 e. The van der Waals surface area contributed by atoms with Crippen LogP contribution in [0.5, 0.6) is 0 Å². The van der Waals surface area contributed by atoms with E-state index in [1.54, 1.807) is 0 Å². The first-order valence-corrected chi connectivity index (χ1v) is 1.82. The SMILES string of the molecule is CC(=O)[O-].CC(=O)[O-].[Tl]. The van der Waals surface area contributed by atoms with Gasteiger partial charge in [0.25, 0.3) is 0 Å². The molecule has 0 aliphatic carbocycles. The number of rotatable bonds is 0. The largest absolute Gasteiger partial charge is 0.550 e. The zero-order valence-corrected chi connectivity index (χ0v) is 9.70. The van der Waals surface area contributed by atoms with E-state index in [4.69, 9.17) is 19.8 Å². The summed E-state index contributed by atoms with van der Waals surface area (Å²) in [5.41, 5.74) is 0. The summed E-state index contributed by atoms with van der Waals surface area (Å²) in [5.74, 6) is -2.17. The molecule has 0 heterocycles. The molecule has 0 saturated carbocycles. The molecule has 0 saturated heterocycles. The van der Waals surface area contributed by atoms with Crippen LogP contribution in [0.1, 0.15) is 13.8 Å². The van der Waals surface area contributed by atoms with Crippen molar-refractivity contribution < 1.29 is 19.8 Å². The summed E-state index contributed by atoms with van der Waals surface area (Å²) in [7, 11) is 0. The van der Waals surface area contributed by atoms with E-state index in [2.05, 4.69) is 0 Å². The molecule has 0 aromatic carbocycles. The van der Waals surface area contributed by atoms with Gasteiger partial charge >= 0.3 is 0 Å². The van der Waals surface area contributed by atoms with Crippen molar-refractivity contribution in [2.45, 2.75) is 13.8 Å². The van der Waals surface area contributed by atoms with Gasteiger partial charge in [-0.15, -0.1) is 0 Å². The van der Waals surface area contributed by atoms with Gasteiger partial charge in [0.1, 0.15) is 0 Å². The van der Waals surface area contributed by atoms with E-state index >= 15 is 0 Å². The van der Waals surface area contributed by atoms with Crippen LogP contribution in [0.2, 0.25) is 0 Å². The Balaban J connectivity index is -0.0000000720. The third-order valence-electron chi connectivity index (χ3n) is 0. The zero-order valence-electron chi connectivity index (χ0n) is 5.21. The van der Waals surface area contributed by atoms with Crippen LogP contribution in [-0.4, -0.2) is 39.2 Å². The normalized spacial score (nSPS) is 5.56. The van der Waals surface area contributed by atoms with Crippen LogP contribution in [0, 0.1) is 0 Å². The summed E-state index contributed by atoms with van der Waals surface area (Å²) in [6, 6.07) is 0. The van der Waals surface area contributed by atoms with Gasteiger partial charge in [-0.3, -0.25) is 0 Å². The van der Waals surface area contributed by atoms with Crippen LogP contribution >= 0.6 is 0 Å². The van der Waals surface area contributed by atoms with Crippen molar-refractivity contribution in [2.75, 3.05) is 0 Å². The first-order chi connectivity index (χ1) is 3.46. The Labute approximate surface area is 73.0 Å². The fourth-order valence-electron chi connectivity index (χ4n) is 0. The number of aliphatic carboxylic acids is 2. The summed E-state index contributed by atoms with van der Waals surface area (Å²) >= 11 is 0. The average Bonchev–Trinajstić information content (AvgIpc) is 1.25. The first-order valence-electron chi connectivity index (χ1n) is 1.82. The van der Waals surface area contributed by atoms with Crippen LogP contribution in [0.4, 0.5) is 0 Å².